The van der Waals surface area contributed by atoms with Gasteiger partial charge in [0.15, 0.2) is 5.58 Å². The highest BCUT2D eigenvalue weighted by atomic mass is 35.5. The van der Waals surface area contributed by atoms with Gasteiger partial charge in [-0.1, -0.05) is 17.7 Å². The van der Waals surface area contributed by atoms with Gasteiger partial charge >= 0.3 is 0 Å². The minimum absolute atomic E-state index is 0.127. The Morgan fingerprint density at radius 3 is 2.81 bits per heavy atom. The second-order valence-corrected chi connectivity index (χ2v) is 6.55. The molecule has 3 aromatic rings. The maximum Gasteiger partial charge on any atom is 0.295 e. The van der Waals surface area contributed by atoms with E-state index in [0.29, 0.717) is 41.6 Å². The van der Waals surface area contributed by atoms with Gasteiger partial charge in [-0.2, -0.15) is 4.98 Å². The summed E-state index contributed by atoms with van der Waals surface area (Å²) in [7, 11) is 0. The van der Waals surface area contributed by atoms with Gasteiger partial charge in [0.2, 0.25) is 0 Å². The van der Waals surface area contributed by atoms with Crippen LogP contribution in [0.5, 0.6) is 0 Å². The largest absolute Gasteiger partial charge is 0.423 e. The third-order valence-corrected chi connectivity index (χ3v) is 4.57. The molecule has 0 unspecified atom stereocenters. The maximum absolute atomic E-state index is 13.8. The van der Waals surface area contributed by atoms with Crippen molar-refractivity contribution in [3.05, 3.63) is 58.6 Å². The normalized spacial score (nSPS) is 17.0. The Morgan fingerprint density at radius 1 is 1.27 bits per heavy atom. The van der Waals surface area contributed by atoms with Crippen LogP contribution in [0.4, 0.5) is 14.8 Å². The van der Waals surface area contributed by atoms with Gasteiger partial charge < -0.3 is 14.6 Å². The highest BCUT2D eigenvalue weighted by molar-refractivity contribution is 6.31. The van der Waals surface area contributed by atoms with Crippen molar-refractivity contribution in [2.75, 3.05) is 18.4 Å². The molecule has 1 aromatic heterocycles. The van der Waals surface area contributed by atoms with Crippen LogP contribution in [0, 0.1) is 11.6 Å². The molecule has 134 valence electrons. The van der Waals surface area contributed by atoms with Crippen molar-refractivity contribution in [1.82, 2.24) is 9.88 Å². The number of carbonyl (C=O) groups is 1. The molecule has 26 heavy (non-hydrogen) atoms. The fraction of sp³-hybridized carbons (Fsp3) is 0.222. The van der Waals surface area contributed by atoms with Gasteiger partial charge in [0, 0.05) is 30.2 Å². The van der Waals surface area contributed by atoms with Gasteiger partial charge in [-0.15, -0.1) is 0 Å². The van der Waals surface area contributed by atoms with Gasteiger partial charge in [0.1, 0.15) is 22.7 Å². The minimum Gasteiger partial charge on any atom is -0.423 e. The van der Waals surface area contributed by atoms with Gasteiger partial charge in [-0.25, -0.2) is 8.78 Å². The summed E-state index contributed by atoms with van der Waals surface area (Å²) < 4.78 is 33.2. The fourth-order valence-electron chi connectivity index (χ4n) is 3.06. The predicted molar refractivity (Wildman–Crippen MR) is 93.3 cm³/mol. The van der Waals surface area contributed by atoms with Crippen LogP contribution in [0.3, 0.4) is 0 Å². The monoisotopic (exact) mass is 377 g/mol. The molecule has 0 aliphatic carbocycles. The summed E-state index contributed by atoms with van der Waals surface area (Å²) in [6.45, 7) is 0.683. The first-order valence-electron chi connectivity index (χ1n) is 8.07. The SMILES string of the molecule is O=C(c1c(F)cccc1F)N1CC[C@@H](Nc2nc3ccc(Cl)cc3o2)C1. The Bertz CT molecular complexity index is 971. The number of hydrogen-bond donors (Lipinski definition) is 1. The number of benzene rings is 2. The Kier molecular flexibility index (Phi) is 4.24. The summed E-state index contributed by atoms with van der Waals surface area (Å²) in [6.07, 6.45) is 0.612. The second-order valence-electron chi connectivity index (χ2n) is 6.11. The third-order valence-electron chi connectivity index (χ3n) is 4.33. The average molecular weight is 378 g/mol. The summed E-state index contributed by atoms with van der Waals surface area (Å²) in [4.78, 5) is 18.2. The van der Waals surface area contributed by atoms with Crippen LogP contribution in [0.1, 0.15) is 16.8 Å². The number of fused-ring (bicyclic) bond motifs is 1. The number of halogens is 3. The van der Waals surface area contributed by atoms with E-state index < -0.39 is 23.1 Å². The lowest BCUT2D eigenvalue weighted by molar-refractivity contribution is 0.0782. The van der Waals surface area contributed by atoms with E-state index in [0.717, 1.165) is 12.1 Å². The van der Waals surface area contributed by atoms with E-state index in [1.807, 2.05) is 0 Å². The molecule has 2 aromatic carbocycles. The number of nitrogens with one attached hydrogen (secondary N) is 1. The third kappa shape index (κ3) is 3.10. The molecule has 0 saturated carbocycles. The van der Waals surface area contributed by atoms with Gasteiger partial charge in [0.25, 0.3) is 11.9 Å². The van der Waals surface area contributed by atoms with Crippen molar-refractivity contribution in [3.63, 3.8) is 0 Å². The zero-order valence-electron chi connectivity index (χ0n) is 13.5. The molecule has 0 radical (unpaired) electrons. The summed E-state index contributed by atoms with van der Waals surface area (Å²) in [5.41, 5.74) is 0.695. The number of anilines is 1. The second kappa shape index (κ2) is 6.57. The summed E-state index contributed by atoms with van der Waals surface area (Å²) in [5, 5.41) is 3.66. The lowest BCUT2D eigenvalue weighted by Gasteiger charge is -2.17. The van der Waals surface area contributed by atoms with Crippen molar-refractivity contribution in [2.45, 2.75) is 12.5 Å². The number of hydrogen-bond acceptors (Lipinski definition) is 4. The van der Waals surface area contributed by atoms with Crippen LogP contribution < -0.4 is 5.32 Å². The molecule has 8 heteroatoms. The summed E-state index contributed by atoms with van der Waals surface area (Å²) in [6, 6.07) is 8.70. The molecular weight excluding hydrogens is 364 g/mol. The number of amides is 1. The molecule has 1 amide bonds. The van der Waals surface area contributed by atoms with E-state index in [1.165, 1.54) is 11.0 Å². The first kappa shape index (κ1) is 16.8. The van der Waals surface area contributed by atoms with E-state index in [1.54, 1.807) is 18.2 Å². The van der Waals surface area contributed by atoms with Crippen molar-refractivity contribution >= 4 is 34.6 Å². The van der Waals surface area contributed by atoms with Crippen LogP contribution in [0.2, 0.25) is 5.02 Å². The molecule has 1 fully saturated rings. The first-order chi connectivity index (χ1) is 12.5. The van der Waals surface area contributed by atoms with E-state index in [-0.39, 0.29) is 6.04 Å². The summed E-state index contributed by atoms with van der Waals surface area (Å²) in [5.74, 6) is -2.38. The molecule has 1 aliphatic heterocycles. The van der Waals surface area contributed by atoms with E-state index in [2.05, 4.69) is 10.3 Å². The number of rotatable bonds is 3. The number of nitrogens with zero attached hydrogens (tertiary/aromatic N) is 2. The van der Waals surface area contributed by atoms with Gasteiger partial charge in [0.05, 0.1) is 0 Å². The molecular formula is C18H14ClF2N3O2. The zero-order chi connectivity index (χ0) is 18.3. The minimum atomic E-state index is -0.859. The Hall–Kier alpha value is -2.67. The summed E-state index contributed by atoms with van der Waals surface area (Å²) >= 11 is 5.92. The first-order valence-corrected chi connectivity index (χ1v) is 8.45. The topological polar surface area (TPSA) is 58.4 Å². The van der Waals surface area contributed by atoms with E-state index in [9.17, 15) is 13.6 Å². The van der Waals surface area contributed by atoms with Crippen molar-refractivity contribution in [1.29, 1.82) is 0 Å². The van der Waals surface area contributed by atoms with Crippen LogP contribution in [0.15, 0.2) is 40.8 Å². The van der Waals surface area contributed by atoms with Crippen molar-refractivity contribution in [2.24, 2.45) is 0 Å². The Morgan fingerprint density at radius 2 is 2.04 bits per heavy atom. The number of carbonyl (C=O) groups excluding carboxylic acids is 1. The van der Waals surface area contributed by atoms with Crippen LogP contribution >= 0.6 is 11.6 Å². The molecule has 0 spiro atoms. The van der Waals surface area contributed by atoms with E-state index >= 15 is 0 Å². The molecule has 1 aliphatic rings. The molecule has 4 rings (SSSR count). The zero-order valence-corrected chi connectivity index (χ0v) is 14.3. The fourth-order valence-corrected chi connectivity index (χ4v) is 3.22. The smallest absolute Gasteiger partial charge is 0.295 e. The standard InChI is InChI=1S/C18H14ClF2N3O2/c19-10-4-5-14-15(8-10)26-18(23-14)22-11-6-7-24(9-11)17(25)16-12(20)2-1-3-13(16)21/h1-5,8,11H,6-7,9H2,(H,22,23)/t11-/m1/s1. The Labute approximate surface area is 152 Å². The number of oxazole rings is 1. The van der Waals surface area contributed by atoms with Gasteiger partial charge in [-0.05, 0) is 30.7 Å². The number of likely N-dealkylation sites (tertiary alicyclic amines) is 1. The maximum atomic E-state index is 13.8. The highest BCUT2D eigenvalue weighted by Crippen LogP contribution is 2.25. The van der Waals surface area contributed by atoms with E-state index in [4.69, 9.17) is 16.0 Å². The lowest BCUT2D eigenvalue weighted by atomic mass is 10.1. The molecule has 1 atom stereocenters. The number of aromatic nitrogens is 1. The van der Waals surface area contributed by atoms with Crippen LogP contribution in [0.25, 0.3) is 11.1 Å². The van der Waals surface area contributed by atoms with Crippen LogP contribution in [-0.4, -0.2) is 34.9 Å². The molecule has 0 bridgehead atoms. The molecule has 5 nitrogen and oxygen atoms in total. The van der Waals surface area contributed by atoms with Crippen LogP contribution in [-0.2, 0) is 0 Å². The lowest BCUT2D eigenvalue weighted by Crippen LogP contribution is -2.32. The quantitative estimate of drug-likeness (QED) is 0.747. The van der Waals surface area contributed by atoms with Crippen molar-refractivity contribution < 1.29 is 18.0 Å². The van der Waals surface area contributed by atoms with Gasteiger partial charge in [-0.3, -0.25) is 4.79 Å². The molecule has 1 N–H and O–H groups in total. The van der Waals surface area contributed by atoms with Crippen molar-refractivity contribution in [3.8, 4) is 0 Å². The average Bonchev–Trinajstić information content (AvgIpc) is 3.21. The predicted octanol–water partition coefficient (Wildman–Crippen LogP) is 4.09. The molecule has 2 heterocycles. The Balaban J connectivity index is 1.47. The highest BCUT2D eigenvalue weighted by Gasteiger charge is 2.30. The molecule has 1 saturated heterocycles.